The Morgan fingerprint density at radius 1 is 1.28 bits per heavy atom. The minimum Gasteiger partial charge on any atom is -0.356 e. The van der Waals surface area contributed by atoms with Gasteiger partial charge in [-0.05, 0) is 35.4 Å². The van der Waals surface area contributed by atoms with Gasteiger partial charge in [0.1, 0.15) is 5.69 Å². The van der Waals surface area contributed by atoms with Crippen molar-refractivity contribution in [3.05, 3.63) is 36.0 Å². The fraction of sp³-hybridized carbons (Fsp3) is 0.222. The number of piperidine rings is 1. The second kappa shape index (κ2) is 5.70. The first-order valence-corrected chi connectivity index (χ1v) is 7.96. The molecule has 25 heavy (non-hydrogen) atoms. The Hall–Kier alpha value is -3.22. The molecule has 1 fully saturated rings. The molecule has 0 radical (unpaired) electrons. The van der Waals surface area contributed by atoms with Gasteiger partial charge in [-0.3, -0.25) is 19.7 Å². The molecule has 3 aromatic rings. The van der Waals surface area contributed by atoms with Gasteiger partial charge in [-0.2, -0.15) is 0 Å². The Morgan fingerprint density at radius 3 is 2.88 bits per heavy atom. The molecule has 2 N–H and O–H groups in total. The maximum atomic E-state index is 12.2. The lowest BCUT2D eigenvalue weighted by atomic mass is 9.91. The Balaban J connectivity index is 1.86. The van der Waals surface area contributed by atoms with Crippen LogP contribution in [0.3, 0.4) is 0 Å². The molecule has 3 amide bonds. The third kappa shape index (κ3) is 2.63. The standard InChI is InChI=1S/C18H15N3O4/c1-9(22)19-11-3-4-12-10(8-11)2-6-14-16(12)17(21-25-14)13-5-7-15(23)20-18(13)24/h2-4,6,8,13H,5,7H2,1H3,(H,19,22)(H,20,23,24)/t13-/m0/s1. The topological polar surface area (TPSA) is 101 Å². The smallest absolute Gasteiger partial charge is 0.235 e. The van der Waals surface area contributed by atoms with Gasteiger partial charge in [-0.15, -0.1) is 0 Å². The Morgan fingerprint density at radius 2 is 2.12 bits per heavy atom. The van der Waals surface area contributed by atoms with E-state index in [2.05, 4.69) is 15.8 Å². The summed E-state index contributed by atoms with van der Waals surface area (Å²) in [5.74, 6) is -1.27. The van der Waals surface area contributed by atoms with E-state index in [-0.39, 0.29) is 24.1 Å². The van der Waals surface area contributed by atoms with Crippen molar-refractivity contribution in [2.45, 2.75) is 25.7 Å². The van der Waals surface area contributed by atoms with Gasteiger partial charge in [-0.25, -0.2) is 0 Å². The molecule has 4 rings (SSSR count). The van der Waals surface area contributed by atoms with Crippen LogP contribution >= 0.6 is 0 Å². The fourth-order valence-corrected chi connectivity index (χ4v) is 3.27. The van der Waals surface area contributed by atoms with Crippen molar-refractivity contribution in [3.8, 4) is 0 Å². The van der Waals surface area contributed by atoms with E-state index >= 15 is 0 Å². The number of carbonyl (C=O) groups excluding carboxylic acids is 3. The van der Waals surface area contributed by atoms with Crippen molar-refractivity contribution in [2.75, 3.05) is 5.32 Å². The third-order valence-corrected chi connectivity index (χ3v) is 4.37. The summed E-state index contributed by atoms with van der Waals surface area (Å²) in [4.78, 5) is 34.8. The number of hydrogen-bond acceptors (Lipinski definition) is 5. The molecular formula is C18H15N3O4. The van der Waals surface area contributed by atoms with E-state index in [9.17, 15) is 14.4 Å². The summed E-state index contributed by atoms with van der Waals surface area (Å²) < 4.78 is 5.40. The molecule has 0 aliphatic carbocycles. The number of fused-ring (bicyclic) bond motifs is 3. The first-order chi connectivity index (χ1) is 12.0. The lowest BCUT2D eigenvalue weighted by Crippen LogP contribution is -2.39. The number of aromatic nitrogens is 1. The normalized spacial score (nSPS) is 17.7. The van der Waals surface area contributed by atoms with Gasteiger partial charge >= 0.3 is 0 Å². The summed E-state index contributed by atoms with van der Waals surface area (Å²) in [6.45, 7) is 1.45. The number of carbonyl (C=O) groups is 3. The molecule has 0 unspecified atom stereocenters. The SMILES string of the molecule is CC(=O)Nc1ccc2c(ccc3onc([C@@H]4CCC(=O)NC4=O)c32)c1. The van der Waals surface area contributed by atoms with Crippen LogP contribution in [0, 0.1) is 0 Å². The van der Waals surface area contributed by atoms with Gasteiger partial charge in [-0.1, -0.05) is 17.3 Å². The highest BCUT2D eigenvalue weighted by atomic mass is 16.5. The van der Waals surface area contributed by atoms with E-state index in [1.54, 1.807) is 12.1 Å². The van der Waals surface area contributed by atoms with E-state index < -0.39 is 5.92 Å². The molecule has 0 spiro atoms. The highest BCUT2D eigenvalue weighted by molar-refractivity contribution is 6.10. The summed E-state index contributed by atoms with van der Waals surface area (Å²) in [5, 5.41) is 11.7. The molecule has 1 aliphatic rings. The van der Waals surface area contributed by atoms with E-state index in [4.69, 9.17) is 4.52 Å². The predicted molar refractivity (Wildman–Crippen MR) is 90.9 cm³/mol. The number of amides is 3. The van der Waals surface area contributed by atoms with Gasteiger partial charge < -0.3 is 9.84 Å². The highest BCUT2D eigenvalue weighted by Gasteiger charge is 2.32. The van der Waals surface area contributed by atoms with Crippen LogP contribution in [0.2, 0.25) is 0 Å². The van der Waals surface area contributed by atoms with E-state index in [0.717, 1.165) is 16.2 Å². The molecule has 7 nitrogen and oxygen atoms in total. The first-order valence-electron chi connectivity index (χ1n) is 7.96. The van der Waals surface area contributed by atoms with Crippen molar-refractivity contribution in [1.29, 1.82) is 0 Å². The summed E-state index contributed by atoms with van der Waals surface area (Å²) in [5.41, 5.74) is 1.82. The average Bonchev–Trinajstić information content (AvgIpc) is 2.98. The summed E-state index contributed by atoms with van der Waals surface area (Å²) >= 11 is 0. The Bertz CT molecular complexity index is 1040. The number of anilines is 1. The first kappa shape index (κ1) is 15.3. The zero-order chi connectivity index (χ0) is 17.6. The largest absolute Gasteiger partial charge is 0.356 e. The predicted octanol–water partition coefficient (Wildman–Crippen LogP) is 2.46. The zero-order valence-corrected chi connectivity index (χ0v) is 13.5. The van der Waals surface area contributed by atoms with Crippen LogP contribution in [0.15, 0.2) is 34.9 Å². The number of benzene rings is 2. The van der Waals surface area contributed by atoms with Crippen molar-refractivity contribution in [2.24, 2.45) is 0 Å². The minimum atomic E-state index is -0.514. The maximum absolute atomic E-state index is 12.2. The number of nitrogens with zero attached hydrogens (tertiary/aromatic N) is 1. The number of rotatable bonds is 2. The lowest BCUT2D eigenvalue weighted by Gasteiger charge is -2.19. The molecule has 1 saturated heterocycles. The Kier molecular flexibility index (Phi) is 3.49. The minimum absolute atomic E-state index is 0.144. The Labute approximate surface area is 142 Å². The quantitative estimate of drug-likeness (QED) is 0.700. The van der Waals surface area contributed by atoms with Gasteiger partial charge in [0, 0.05) is 19.0 Å². The van der Waals surface area contributed by atoms with E-state index in [1.165, 1.54) is 6.92 Å². The summed E-state index contributed by atoms with van der Waals surface area (Å²) in [6, 6.07) is 9.19. The molecule has 1 aliphatic heterocycles. The molecule has 7 heteroatoms. The van der Waals surface area contributed by atoms with Crippen LogP contribution in [0.4, 0.5) is 5.69 Å². The van der Waals surface area contributed by atoms with Crippen molar-refractivity contribution in [1.82, 2.24) is 10.5 Å². The molecule has 0 saturated carbocycles. The molecule has 1 atom stereocenters. The molecule has 0 bridgehead atoms. The van der Waals surface area contributed by atoms with Crippen LogP contribution in [0.1, 0.15) is 31.4 Å². The van der Waals surface area contributed by atoms with Gasteiger partial charge in [0.15, 0.2) is 5.58 Å². The van der Waals surface area contributed by atoms with Crippen LogP contribution < -0.4 is 10.6 Å². The summed E-state index contributed by atoms with van der Waals surface area (Å²) in [7, 11) is 0. The number of imide groups is 1. The van der Waals surface area contributed by atoms with Crippen molar-refractivity contribution in [3.63, 3.8) is 0 Å². The highest BCUT2D eigenvalue weighted by Crippen LogP contribution is 2.35. The van der Waals surface area contributed by atoms with Gasteiger partial charge in [0.05, 0.1) is 11.3 Å². The van der Waals surface area contributed by atoms with Crippen LogP contribution in [0.5, 0.6) is 0 Å². The average molecular weight is 337 g/mol. The van der Waals surface area contributed by atoms with Gasteiger partial charge in [0.2, 0.25) is 17.7 Å². The number of nitrogens with one attached hydrogen (secondary N) is 2. The zero-order valence-electron chi connectivity index (χ0n) is 13.5. The molecule has 1 aromatic heterocycles. The second-order valence-electron chi connectivity index (χ2n) is 6.13. The fourth-order valence-electron chi connectivity index (χ4n) is 3.27. The molecule has 2 heterocycles. The van der Waals surface area contributed by atoms with E-state index in [1.807, 2.05) is 18.2 Å². The van der Waals surface area contributed by atoms with Crippen LogP contribution in [0.25, 0.3) is 21.7 Å². The summed E-state index contributed by atoms with van der Waals surface area (Å²) in [6.07, 6.45) is 0.689. The second-order valence-corrected chi connectivity index (χ2v) is 6.13. The van der Waals surface area contributed by atoms with Crippen molar-refractivity contribution < 1.29 is 18.9 Å². The molecule has 126 valence electrons. The van der Waals surface area contributed by atoms with Crippen LogP contribution in [-0.4, -0.2) is 22.9 Å². The maximum Gasteiger partial charge on any atom is 0.235 e. The third-order valence-electron chi connectivity index (χ3n) is 4.37. The van der Waals surface area contributed by atoms with Gasteiger partial charge in [0.25, 0.3) is 0 Å². The molecule has 2 aromatic carbocycles. The van der Waals surface area contributed by atoms with E-state index in [0.29, 0.717) is 23.4 Å². The lowest BCUT2D eigenvalue weighted by molar-refractivity contribution is -0.134. The van der Waals surface area contributed by atoms with Crippen molar-refractivity contribution >= 4 is 45.2 Å². The monoisotopic (exact) mass is 337 g/mol. The molecular weight excluding hydrogens is 322 g/mol. The number of hydrogen-bond donors (Lipinski definition) is 2. The van der Waals surface area contributed by atoms with Crippen LogP contribution in [-0.2, 0) is 14.4 Å².